The number of hydrogen-bond donors (Lipinski definition) is 2. The molecule has 1 aromatic carbocycles. The number of rotatable bonds is 0. The van der Waals surface area contributed by atoms with Gasteiger partial charge in [0.15, 0.2) is 0 Å². The molecule has 0 saturated carbocycles. The summed E-state index contributed by atoms with van der Waals surface area (Å²) in [5.41, 5.74) is 0. The Kier molecular flexibility index (Phi) is 8.75. The van der Waals surface area contributed by atoms with E-state index in [0.717, 1.165) is 0 Å². The fraction of sp³-hybridized carbons (Fsp3) is 0. The summed E-state index contributed by atoms with van der Waals surface area (Å²) < 4.78 is 0. The zero-order chi connectivity index (χ0) is 5.98. The molecule has 0 heterocycles. The summed E-state index contributed by atoms with van der Waals surface area (Å²) in [6.07, 6.45) is 0. The van der Waals surface area contributed by atoms with Gasteiger partial charge in [-0.1, -0.05) is 0 Å². The van der Waals surface area contributed by atoms with Gasteiger partial charge in [-0.3, -0.25) is 0 Å². The number of phenols is 2. The van der Waals surface area contributed by atoms with E-state index in [-0.39, 0.29) is 70.6 Å². The summed E-state index contributed by atoms with van der Waals surface area (Å²) in [5.74, 6) is 0.339. The van der Waals surface area contributed by atoms with Crippen molar-refractivity contribution >= 4 is 0 Å². The molecule has 2 nitrogen and oxygen atoms in total. The third-order valence-corrected chi connectivity index (χ3v) is 0.850. The van der Waals surface area contributed by atoms with E-state index in [1.54, 1.807) is 0 Å². The van der Waals surface area contributed by atoms with E-state index >= 15 is 0 Å². The van der Waals surface area contributed by atoms with Gasteiger partial charge in [-0.25, -0.2) is 0 Å². The predicted molar refractivity (Wildman–Crippen MR) is 29.8 cm³/mol. The van der Waals surface area contributed by atoms with Crippen molar-refractivity contribution < 1.29 is 69.3 Å². The van der Waals surface area contributed by atoms with Gasteiger partial charge in [-0.2, -0.15) is 0 Å². The van der Waals surface area contributed by atoms with Crippen LogP contribution in [0.4, 0.5) is 0 Å². The number of benzene rings is 1. The van der Waals surface area contributed by atoms with Gasteiger partial charge in [0, 0.05) is 0 Å². The maximum absolute atomic E-state index is 8.65. The molecule has 0 aromatic heterocycles. The van der Waals surface area contributed by atoms with Crippen molar-refractivity contribution in [1.82, 2.24) is 0 Å². The molecule has 0 spiro atoms. The molecule has 0 amide bonds. The van der Waals surface area contributed by atoms with Crippen LogP contribution in [0.3, 0.4) is 0 Å². The first-order chi connectivity index (χ1) is 3.79. The first kappa shape index (κ1) is 13.4. The molecular formula is C6H6Na2O2+2. The molecule has 0 fully saturated rings. The fourth-order valence-electron chi connectivity index (χ4n) is 0.453. The smallest absolute Gasteiger partial charge is 0.508 e. The van der Waals surface area contributed by atoms with Crippen LogP contribution in [0.1, 0.15) is 0 Å². The summed E-state index contributed by atoms with van der Waals surface area (Å²) in [4.78, 5) is 0. The van der Waals surface area contributed by atoms with Crippen LogP contribution in [0, 0.1) is 0 Å². The standard InChI is InChI=1S/C6H6O2.2Na/c7-5-1-2-6(8)4-3-5;;/h1-4,7-8H;;/q;2*+1. The minimum Gasteiger partial charge on any atom is -0.508 e. The molecule has 0 bridgehead atoms. The van der Waals surface area contributed by atoms with Gasteiger partial charge in [0.05, 0.1) is 0 Å². The van der Waals surface area contributed by atoms with Gasteiger partial charge in [-0.15, -0.1) is 0 Å². The zero-order valence-corrected chi connectivity index (χ0v) is 10.2. The van der Waals surface area contributed by atoms with Crippen LogP contribution in [-0.4, -0.2) is 10.2 Å². The second-order valence-electron chi connectivity index (χ2n) is 1.52. The quantitative estimate of drug-likeness (QED) is 0.292. The summed E-state index contributed by atoms with van der Waals surface area (Å²) >= 11 is 0. The summed E-state index contributed by atoms with van der Waals surface area (Å²) in [7, 11) is 0. The Bertz CT molecular complexity index is 153. The molecule has 1 rings (SSSR count). The molecule has 42 valence electrons. The Morgan fingerprint density at radius 3 is 1.10 bits per heavy atom. The van der Waals surface area contributed by atoms with Crippen LogP contribution in [0.2, 0.25) is 0 Å². The Morgan fingerprint density at radius 1 is 0.700 bits per heavy atom. The molecule has 4 heteroatoms. The van der Waals surface area contributed by atoms with Crippen LogP contribution in [0.25, 0.3) is 0 Å². The van der Waals surface area contributed by atoms with Crippen LogP contribution in [0.5, 0.6) is 11.5 Å². The molecule has 0 unspecified atom stereocenters. The molecule has 0 atom stereocenters. The van der Waals surface area contributed by atoms with Crippen LogP contribution in [-0.2, 0) is 0 Å². The van der Waals surface area contributed by atoms with Crippen molar-refractivity contribution in [2.24, 2.45) is 0 Å². The molecular weight excluding hydrogens is 150 g/mol. The largest absolute Gasteiger partial charge is 1.00 e. The second-order valence-corrected chi connectivity index (χ2v) is 1.52. The van der Waals surface area contributed by atoms with Gasteiger partial charge in [0.25, 0.3) is 0 Å². The summed E-state index contributed by atoms with van der Waals surface area (Å²) in [5, 5.41) is 17.3. The summed E-state index contributed by atoms with van der Waals surface area (Å²) in [6, 6.07) is 5.70. The third kappa shape index (κ3) is 4.61. The van der Waals surface area contributed by atoms with Crippen molar-refractivity contribution in [3.63, 3.8) is 0 Å². The molecule has 0 aliphatic carbocycles. The number of hydrogen-bond acceptors (Lipinski definition) is 2. The van der Waals surface area contributed by atoms with Gasteiger partial charge >= 0.3 is 59.1 Å². The first-order valence-corrected chi connectivity index (χ1v) is 2.27. The van der Waals surface area contributed by atoms with E-state index in [1.165, 1.54) is 24.3 Å². The normalized spacial score (nSPS) is 7.20. The van der Waals surface area contributed by atoms with Crippen molar-refractivity contribution in [3.8, 4) is 11.5 Å². The van der Waals surface area contributed by atoms with E-state index in [4.69, 9.17) is 10.2 Å². The van der Waals surface area contributed by atoms with E-state index in [2.05, 4.69) is 0 Å². The van der Waals surface area contributed by atoms with E-state index in [9.17, 15) is 0 Å². The Labute approximate surface area is 104 Å². The maximum Gasteiger partial charge on any atom is 1.00 e. The zero-order valence-electron chi connectivity index (χ0n) is 6.20. The Morgan fingerprint density at radius 2 is 0.900 bits per heavy atom. The summed E-state index contributed by atoms with van der Waals surface area (Å²) in [6.45, 7) is 0. The fourth-order valence-corrected chi connectivity index (χ4v) is 0.453. The molecule has 0 aliphatic heterocycles. The second kappa shape index (κ2) is 6.53. The van der Waals surface area contributed by atoms with Crippen LogP contribution in [0.15, 0.2) is 24.3 Å². The molecule has 1 aromatic rings. The molecule has 2 N–H and O–H groups in total. The van der Waals surface area contributed by atoms with Gasteiger partial charge in [-0.05, 0) is 24.3 Å². The first-order valence-electron chi connectivity index (χ1n) is 2.27. The average molecular weight is 156 g/mol. The van der Waals surface area contributed by atoms with Crippen LogP contribution >= 0.6 is 0 Å². The maximum atomic E-state index is 8.65. The van der Waals surface area contributed by atoms with E-state index < -0.39 is 0 Å². The van der Waals surface area contributed by atoms with Gasteiger partial charge in [0.2, 0.25) is 0 Å². The third-order valence-electron chi connectivity index (χ3n) is 0.850. The predicted octanol–water partition coefficient (Wildman–Crippen LogP) is -4.89. The number of aromatic hydroxyl groups is 2. The Balaban J connectivity index is 0. The molecule has 10 heavy (non-hydrogen) atoms. The van der Waals surface area contributed by atoms with Crippen molar-refractivity contribution in [1.29, 1.82) is 0 Å². The molecule has 0 aliphatic rings. The monoisotopic (exact) mass is 156 g/mol. The average Bonchev–Trinajstić information content (AvgIpc) is 1.77. The van der Waals surface area contributed by atoms with Crippen molar-refractivity contribution in [3.05, 3.63) is 24.3 Å². The molecule has 0 radical (unpaired) electrons. The minimum atomic E-state index is 0. The van der Waals surface area contributed by atoms with Gasteiger partial charge in [0.1, 0.15) is 11.5 Å². The van der Waals surface area contributed by atoms with Crippen molar-refractivity contribution in [2.45, 2.75) is 0 Å². The van der Waals surface area contributed by atoms with E-state index in [0.29, 0.717) is 0 Å². The van der Waals surface area contributed by atoms with Crippen molar-refractivity contribution in [2.75, 3.05) is 0 Å². The van der Waals surface area contributed by atoms with Gasteiger partial charge < -0.3 is 10.2 Å². The SMILES string of the molecule is Oc1ccc(O)cc1.[Na+].[Na+]. The number of phenolic OH excluding ortho intramolecular Hbond substituents is 2. The van der Waals surface area contributed by atoms with E-state index in [1.807, 2.05) is 0 Å². The molecule has 0 saturated heterocycles. The minimum absolute atomic E-state index is 0. The topological polar surface area (TPSA) is 40.5 Å². The Hall–Kier alpha value is 0.820. The van der Waals surface area contributed by atoms with Crippen LogP contribution < -0.4 is 59.1 Å².